The molecule has 5 heteroatoms. The number of hydrogen-bond acceptors (Lipinski definition) is 3. The fraction of sp³-hybridized carbons (Fsp3) is 0.375. The van der Waals surface area contributed by atoms with Crippen LogP contribution in [0.3, 0.4) is 0 Å². The van der Waals surface area contributed by atoms with Crippen molar-refractivity contribution in [2.75, 3.05) is 6.67 Å². The maximum absolute atomic E-state index is 10.8. The molecular weight excluding hydrogens is 190 g/mol. The molecule has 2 atom stereocenters. The lowest BCUT2D eigenvalue weighted by Crippen LogP contribution is -2.33. The van der Waals surface area contributed by atoms with Gasteiger partial charge in [0.1, 0.15) is 0 Å². The monoisotopic (exact) mass is 201 g/mol. The Balaban J connectivity index is 0.000000845. The smallest absolute Gasteiger partial charge is 0.248 e. The van der Waals surface area contributed by atoms with Gasteiger partial charge >= 0.3 is 0 Å². The average Bonchev–Trinajstić information content (AvgIpc) is 2.49. The number of primary amides is 1. The summed E-state index contributed by atoms with van der Waals surface area (Å²) in [5.41, 5.74) is 5.73. The molecule has 1 fully saturated rings. The van der Waals surface area contributed by atoms with Crippen LogP contribution in [0.15, 0.2) is 23.8 Å². The van der Waals surface area contributed by atoms with Crippen LogP contribution in [0.25, 0.3) is 0 Å². The number of amides is 1. The van der Waals surface area contributed by atoms with Crippen molar-refractivity contribution in [3.63, 3.8) is 0 Å². The Kier molecular flexibility index (Phi) is 3.08. The maximum atomic E-state index is 10.8. The van der Waals surface area contributed by atoms with Gasteiger partial charge in [0.05, 0.1) is 0 Å². The molecule has 0 spiro atoms. The molecule has 0 aromatic rings. The molecule has 4 N–H and O–H groups in total. The number of fused-ring (bicyclic) bond motifs is 1. The van der Waals surface area contributed by atoms with E-state index in [1.807, 2.05) is 12.2 Å². The van der Waals surface area contributed by atoms with E-state index in [1.165, 1.54) is 0 Å². The fourth-order valence-electron chi connectivity index (χ4n) is 1.52. The molecule has 0 radical (unpaired) electrons. The second-order valence-electron chi connectivity index (χ2n) is 2.98. The summed E-state index contributed by atoms with van der Waals surface area (Å²) in [6.45, 7) is 0.780. The first-order valence-corrected chi connectivity index (χ1v) is 3.94. The number of nitrogens with two attached hydrogens (primary N) is 1. The summed E-state index contributed by atoms with van der Waals surface area (Å²) in [6.07, 6.45) is 5.60. The van der Waals surface area contributed by atoms with Crippen molar-refractivity contribution in [3.8, 4) is 0 Å². The zero-order chi connectivity index (χ0) is 8.55. The molecule has 1 heterocycles. The fourth-order valence-corrected chi connectivity index (χ4v) is 1.52. The molecule has 72 valence electrons. The Hall–Kier alpha value is -0.840. The third-order valence-corrected chi connectivity index (χ3v) is 2.19. The predicted molar refractivity (Wildman–Crippen MR) is 52.4 cm³/mol. The Morgan fingerprint density at radius 3 is 2.85 bits per heavy atom. The van der Waals surface area contributed by atoms with Crippen molar-refractivity contribution in [2.45, 2.75) is 12.1 Å². The van der Waals surface area contributed by atoms with Gasteiger partial charge < -0.3 is 5.73 Å². The van der Waals surface area contributed by atoms with Gasteiger partial charge in [0.15, 0.2) is 0 Å². The molecular formula is C8H12ClN3O. The molecule has 0 saturated carbocycles. The Labute approximate surface area is 82.7 Å². The predicted octanol–water partition coefficient (Wildman–Crippen LogP) is -0.723. The highest BCUT2D eigenvalue weighted by molar-refractivity contribution is 5.95. The third-order valence-electron chi connectivity index (χ3n) is 2.19. The average molecular weight is 202 g/mol. The van der Waals surface area contributed by atoms with Gasteiger partial charge in [-0.05, 0) is 0 Å². The van der Waals surface area contributed by atoms with Crippen molar-refractivity contribution in [3.05, 3.63) is 23.8 Å². The molecule has 1 aliphatic heterocycles. The molecule has 0 aromatic heterocycles. The van der Waals surface area contributed by atoms with Gasteiger partial charge in [-0.15, -0.1) is 12.4 Å². The number of carbonyl (C=O) groups excluding carboxylic acids is 1. The van der Waals surface area contributed by atoms with Crippen LogP contribution >= 0.6 is 12.4 Å². The van der Waals surface area contributed by atoms with E-state index in [-0.39, 0.29) is 24.4 Å². The van der Waals surface area contributed by atoms with Crippen molar-refractivity contribution in [1.82, 2.24) is 10.6 Å². The van der Waals surface area contributed by atoms with Crippen LogP contribution in [-0.4, -0.2) is 24.7 Å². The Morgan fingerprint density at radius 2 is 2.15 bits per heavy atom. The van der Waals surface area contributed by atoms with E-state index < -0.39 is 0 Å². The Morgan fingerprint density at radius 1 is 1.46 bits per heavy atom. The minimum atomic E-state index is -0.363. The van der Waals surface area contributed by atoms with E-state index in [4.69, 9.17) is 5.73 Å². The van der Waals surface area contributed by atoms with Gasteiger partial charge in [0, 0.05) is 24.3 Å². The minimum Gasteiger partial charge on any atom is -0.366 e. The number of hydrogen-bond donors (Lipinski definition) is 3. The minimum absolute atomic E-state index is 0. The molecule has 13 heavy (non-hydrogen) atoms. The topological polar surface area (TPSA) is 67.2 Å². The summed E-state index contributed by atoms with van der Waals surface area (Å²) in [7, 11) is 0. The summed E-state index contributed by atoms with van der Waals surface area (Å²) < 4.78 is 0. The first-order chi connectivity index (χ1) is 5.77. The standard InChI is InChI=1S/C8H11N3O.ClH/c9-8(12)5-1-2-6-7(3-5)11-4-10-6;/h1-3,6-7,10-11H,4H2,(H2,9,12);1H. The highest BCUT2D eigenvalue weighted by Crippen LogP contribution is 2.13. The van der Waals surface area contributed by atoms with Crippen LogP contribution in [0.4, 0.5) is 0 Å². The second-order valence-corrected chi connectivity index (χ2v) is 2.98. The van der Waals surface area contributed by atoms with Gasteiger partial charge in [-0.1, -0.05) is 18.2 Å². The van der Waals surface area contributed by atoms with Crippen molar-refractivity contribution < 1.29 is 4.79 Å². The van der Waals surface area contributed by atoms with Crippen LogP contribution in [0, 0.1) is 0 Å². The summed E-state index contributed by atoms with van der Waals surface area (Å²) in [5.74, 6) is -0.363. The van der Waals surface area contributed by atoms with E-state index in [0.29, 0.717) is 11.6 Å². The Bertz CT molecular complexity index is 275. The van der Waals surface area contributed by atoms with E-state index in [2.05, 4.69) is 10.6 Å². The van der Waals surface area contributed by atoms with E-state index in [1.54, 1.807) is 6.08 Å². The summed E-state index contributed by atoms with van der Waals surface area (Å²) in [5, 5.41) is 6.42. The van der Waals surface area contributed by atoms with Crippen LogP contribution in [0.2, 0.25) is 0 Å². The zero-order valence-electron chi connectivity index (χ0n) is 6.99. The first-order valence-electron chi connectivity index (χ1n) is 3.94. The molecule has 1 amide bonds. The lowest BCUT2D eigenvalue weighted by Gasteiger charge is -2.16. The van der Waals surface area contributed by atoms with Crippen LogP contribution in [0.5, 0.6) is 0 Å². The quantitative estimate of drug-likeness (QED) is 0.525. The number of rotatable bonds is 1. The maximum Gasteiger partial charge on any atom is 0.248 e. The third kappa shape index (κ3) is 1.91. The van der Waals surface area contributed by atoms with Gasteiger partial charge in [-0.25, -0.2) is 0 Å². The molecule has 4 nitrogen and oxygen atoms in total. The number of nitrogens with one attached hydrogen (secondary N) is 2. The molecule has 1 aliphatic carbocycles. The largest absolute Gasteiger partial charge is 0.366 e. The van der Waals surface area contributed by atoms with Gasteiger partial charge in [-0.3, -0.25) is 15.4 Å². The molecule has 0 aromatic carbocycles. The second kappa shape index (κ2) is 3.91. The highest BCUT2D eigenvalue weighted by atomic mass is 35.5. The summed E-state index contributed by atoms with van der Waals surface area (Å²) in [4.78, 5) is 10.8. The molecule has 2 rings (SSSR count). The highest BCUT2D eigenvalue weighted by Gasteiger charge is 2.25. The zero-order valence-corrected chi connectivity index (χ0v) is 7.80. The number of halogens is 1. The van der Waals surface area contributed by atoms with Crippen LogP contribution < -0.4 is 16.4 Å². The lowest BCUT2D eigenvalue weighted by molar-refractivity contribution is -0.114. The molecule has 2 unspecified atom stereocenters. The van der Waals surface area contributed by atoms with E-state index in [9.17, 15) is 4.79 Å². The van der Waals surface area contributed by atoms with Crippen LogP contribution in [0.1, 0.15) is 0 Å². The molecule has 0 bridgehead atoms. The van der Waals surface area contributed by atoms with E-state index in [0.717, 1.165) is 6.67 Å². The summed E-state index contributed by atoms with van der Waals surface area (Å²) in [6, 6.07) is 0.533. The van der Waals surface area contributed by atoms with Gasteiger partial charge in [-0.2, -0.15) is 0 Å². The molecule has 1 saturated heterocycles. The van der Waals surface area contributed by atoms with Crippen LogP contribution in [-0.2, 0) is 4.79 Å². The van der Waals surface area contributed by atoms with E-state index >= 15 is 0 Å². The van der Waals surface area contributed by atoms with Crippen molar-refractivity contribution in [1.29, 1.82) is 0 Å². The van der Waals surface area contributed by atoms with Crippen molar-refractivity contribution >= 4 is 18.3 Å². The molecule has 2 aliphatic rings. The first kappa shape index (κ1) is 10.2. The normalized spacial score (nSPS) is 30.3. The van der Waals surface area contributed by atoms with Gasteiger partial charge in [0.25, 0.3) is 0 Å². The van der Waals surface area contributed by atoms with Crippen molar-refractivity contribution in [2.24, 2.45) is 5.73 Å². The SMILES string of the molecule is Cl.NC(=O)C1=CC2NCNC2C=C1. The number of carbonyl (C=O) groups is 1. The lowest BCUT2D eigenvalue weighted by atomic mass is 9.99. The summed E-state index contributed by atoms with van der Waals surface area (Å²) >= 11 is 0. The van der Waals surface area contributed by atoms with Gasteiger partial charge in [0.2, 0.25) is 5.91 Å².